The maximum atomic E-state index is 14.8. The van der Waals surface area contributed by atoms with Crippen molar-refractivity contribution in [3.8, 4) is 46.0 Å². The van der Waals surface area contributed by atoms with Gasteiger partial charge in [0.2, 0.25) is 10.9 Å². The van der Waals surface area contributed by atoms with Gasteiger partial charge >= 0.3 is 0 Å². The number of rotatable bonds is 8. The summed E-state index contributed by atoms with van der Waals surface area (Å²) in [5, 5.41) is 7.48. The Hall–Kier alpha value is -5.64. The molecule has 8 aromatic rings. The fourth-order valence-electron chi connectivity index (χ4n) is 7.72. The van der Waals surface area contributed by atoms with E-state index in [-0.39, 0.29) is 10.9 Å². The summed E-state index contributed by atoms with van der Waals surface area (Å²) in [5.74, 6) is 3.07. The lowest BCUT2D eigenvalue weighted by molar-refractivity contribution is 0.397. The average Bonchev–Trinajstić information content (AvgIpc) is 3.09. The van der Waals surface area contributed by atoms with Crippen molar-refractivity contribution < 1.29 is 37.9 Å². The van der Waals surface area contributed by atoms with E-state index in [1.165, 1.54) is 28.4 Å². The molecule has 10 heteroatoms. The number of ether oxygens (including phenoxy) is 8. The van der Waals surface area contributed by atoms with Crippen LogP contribution in [0.15, 0.2) is 33.9 Å². The van der Waals surface area contributed by atoms with Gasteiger partial charge < -0.3 is 37.9 Å². The van der Waals surface area contributed by atoms with E-state index in [9.17, 15) is 9.59 Å². The highest BCUT2D eigenvalue weighted by Gasteiger charge is 2.35. The van der Waals surface area contributed by atoms with Crippen LogP contribution in [0.3, 0.4) is 0 Å². The molecule has 46 heavy (non-hydrogen) atoms. The van der Waals surface area contributed by atoms with Crippen molar-refractivity contribution in [3.05, 3.63) is 44.7 Å². The summed E-state index contributed by atoms with van der Waals surface area (Å²) < 4.78 is 47.4. The number of fused-ring (bicyclic) bond motifs is 2. The topological polar surface area (TPSA) is 108 Å². The van der Waals surface area contributed by atoms with Crippen molar-refractivity contribution in [2.75, 3.05) is 56.9 Å². The van der Waals surface area contributed by atoms with Gasteiger partial charge in [0, 0.05) is 78.1 Å². The number of hydrogen-bond donors (Lipinski definition) is 0. The van der Waals surface area contributed by atoms with Gasteiger partial charge in [-0.05, 0) is 0 Å². The minimum Gasteiger partial charge on any atom is -0.496 e. The molecular weight excluding hydrogens is 592 g/mol. The van der Waals surface area contributed by atoms with Gasteiger partial charge in [0.1, 0.15) is 46.0 Å². The predicted molar refractivity (Wildman–Crippen MR) is 179 cm³/mol. The number of hydrogen-bond acceptors (Lipinski definition) is 10. The molecule has 8 rings (SSSR count). The van der Waals surface area contributed by atoms with Crippen molar-refractivity contribution in [2.24, 2.45) is 0 Å². The lowest BCUT2D eigenvalue weighted by atomic mass is 9.79. The fourth-order valence-corrected chi connectivity index (χ4v) is 7.72. The van der Waals surface area contributed by atoms with Crippen LogP contribution in [0.5, 0.6) is 46.0 Å². The Morgan fingerprint density at radius 1 is 0.261 bits per heavy atom. The van der Waals surface area contributed by atoms with E-state index in [0.29, 0.717) is 121 Å². The maximum absolute atomic E-state index is 14.8. The molecule has 0 spiro atoms. The van der Waals surface area contributed by atoms with Crippen molar-refractivity contribution in [2.45, 2.75) is 0 Å². The highest BCUT2D eigenvalue weighted by Crippen LogP contribution is 2.59. The first-order valence-electron chi connectivity index (χ1n) is 14.4. The molecule has 0 aliphatic carbocycles. The third-order valence-electron chi connectivity index (χ3n) is 9.44. The Bertz CT molecular complexity index is 2300. The molecule has 0 aromatic heterocycles. The highest BCUT2D eigenvalue weighted by atomic mass is 16.5. The maximum Gasteiger partial charge on any atom is 0.201 e. The minimum atomic E-state index is -0.296. The van der Waals surface area contributed by atoms with Gasteiger partial charge in [-0.3, -0.25) is 9.59 Å². The van der Waals surface area contributed by atoms with Crippen LogP contribution in [0.25, 0.3) is 75.4 Å². The smallest absolute Gasteiger partial charge is 0.201 e. The van der Waals surface area contributed by atoms with Crippen LogP contribution >= 0.6 is 0 Å². The Labute approximate surface area is 260 Å². The standard InChI is InChI=1S/C36H28O10/c1-39-13-9-17(43-5)25-29-21(13)22-14(40-2)10-18(44-6)26-30(22)34-32-24(16(42-4)12-20(46-8)28(32)36(26)38)23-15(41-3)11-19(45-7)27(35(25)37)31(23)33(29)34/h9-12H,1-8H3. The molecule has 0 aliphatic heterocycles. The Morgan fingerprint density at radius 3 is 0.587 bits per heavy atom. The summed E-state index contributed by atoms with van der Waals surface area (Å²) in [6, 6.07) is 6.76. The molecule has 10 nitrogen and oxygen atoms in total. The summed E-state index contributed by atoms with van der Waals surface area (Å²) in [6.45, 7) is 0. The summed E-state index contributed by atoms with van der Waals surface area (Å²) in [7, 11) is 12.3. The Balaban J connectivity index is 1.98. The zero-order chi connectivity index (χ0) is 32.3. The first-order chi connectivity index (χ1) is 22.3. The molecule has 0 aliphatic rings. The van der Waals surface area contributed by atoms with Gasteiger partial charge in [-0.15, -0.1) is 0 Å². The molecule has 0 fully saturated rings. The van der Waals surface area contributed by atoms with Crippen LogP contribution in [0.4, 0.5) is 0 Å². The van der Waals surface area contributed by atoms with Crippen molar-refractivity contribution >= 4 is 75.4 Å². The molecular formula is C36H28O10. The molecule has 0 amide bonds. The van der Waals surface area contributed by atoms with Crippen LogP contribution in [0.1, 0.15) is 0 Å². The second-order valence-electron chi connectivity index (χ2n) is 11.0. The van der Waals surface area contributed by atoms with E-state index in [1.54, 1.807) is 52.7 Å². The molecule has 0 saturated carbocycles. The van der Waals surface area contributed by atoms with E-state index in [4.69, 9.17) is 37.9 Å². The molecule has 232 valence electrons. The quantitative estimate of drug-likeness (QED) is 0.142. The van der Waals surface area contributed by atoms with Gasteiger partial charge in [-0.1, -0.05) is 0 Å². The average molecular weight is 621 g/mol. The van der Waals surface area contributed by atoms with E-state index < -0.39 is 0 Å². The molecule has 8 aromatic carbocycles. The molecule has 0 atom stereocenters. The third-order valence-corrected chi connectivity index (χ3v) is 9.44. The van der Waals surface area contributed by atoms with Crippen LogP contribution in [0, 0.1) is 0 Å². The SMILES string of the molecule is COc1cc(OC)c2c3c(OC)cc(OC)c4c(=O)c5c(OC)cc(OC)c6c7c(OC)cc(OC)c8c(=O)c1c2c(c87)c(c43)c56. The van der Waals surface area contributed by atoms with Gasteiger partial charge in [-0.25, -0.2) is 0 Å². The monoisotopic (exact) mass is 620 g/mol. The van der Waals surface area contributed by atoms with Crippen molar-refractivity contribution in [3.63, 3.8) is 0 Å². The van der Waals surface area contributed by atoms with Gasteiger partial charge in [0.25, 0.3) is 0 Å². The van der Waals surface area contributed by atoms with Crippen molar-refractivity contribution in [1.82, 2.24) is 0 Å². The molecule has 0 heterocycles. The minimum absolute atomic E-state index is 0.296. The lowest BCUT2D eigenvalue weighted by Crippen LogP contribution is -2.13. The summed E-state index contributed by atoms with van der Waals surface area (Å²) in [5.41, 5.74) is -0.593. The molecule has 0 saturated heterocycles. The molecule has 0 bridgehead atoms. The van der Waals surface area contributed by atoms with Crippen LogP contribution in [-0.2, 0) is 0 Å². The van der Waals surface area contributed by atoms with E-state index in [0.717, 1.165) is 0 Å². The zero-order valence-electron chi connectivity index (χ0n) is 26.4. The van der Waals surface area contributed by atoms with Crippen molar-refractivity contribution in [1.29, 1.82) is 0 Å². The summed E-state index contributed by atoms with van der Waals surface area (Å²) >= 11 is 0. The predicted octanol–water partition coefficient (Wildman–Crippen LogP) is 6.30. The lowest BCUT2D eigenvalue weighted by Gasteiger charge is -2.27. The van der Waals surface area contributed by atoms with Gasteiger partial charge in [0.15, 0.2) is 0 Å². The van der Waals surface area contributed by atoms with Gasteiger partial charge in [-0.2, -0.15) is 0 Å². The van der Waals surface area contributed by atoms with E-state index in [2.05, 4.69) is 0 Å². The molecule has 0 radical (unpaired) electrons. The first-order valence-corrected chi connectivity index (χ1v) is 14.4. The van der Waals surface area contributed by atoms with Crippen LogP contribution in [0.2, 0.25) is 0 Å². The number of benzene rings is 8. The number of methoxy groups -OCH3 is 8. The second kappa shape index (κ2) is 9.43. The molecule has 0 unspecified atom stereocenters. The van der Waals surface area contributed by atoms with E-state index in [1.807, 2.05) is 0 Å². The van der Waals surface area contributed by atoms with Gasteiger partial charge in [0.05, 0.1) is 78.4 Å². The first kappa shape index (κ1) is 27.9. The largest absolute Gasteiger partial charge is 0.496 e. The third kappa shape index (κ3) is 2.97. The highest BCUT2D eigenvalue weighted by molar-refractivity contribution is 6.51. The Kier molecular flexibility index (Phi) is 5.72. The van der Waals surface area contributed by atoms with Crippen LogP contribution in [-0.4, -0.2) is 56.9 Å². The molecule has 0 N–H and O–H groups in total. The second-order valence-corrected chi connectivity index (χ2v) is 11.0. The van der Waals surface area contributed by atoms with Crippen LogP contribution < -0.4 is 48.8 Å². The fraction of sp³-hybridized carbons (Fsp3) is 0.222. The summed E-state index contributed by atoms with van der Waals surface area (Å²) in [4.78, 5) is 29.7. The Morgan fingerprint density at radius 2 is 0.413 bits per heavy atom. The zero-order valence-corrected chi connectivity index (χ0v) is 26.4. The van der Waals surface area contributed by atoms with E-state index >= 15 is 0 Å². The summed E-state index contributed by atoms with van der Waals surface area (Å²) in [6.07, 6.45) is 0. The normalized spacial score (nSPS) is 12.1.